The first-order valence-electron chi connectivity index (χ1n) is 9.19. The van der Waals surface area contributed by atoms with Gasteiger partial charge >= 0.3 is 5.97 Å². The Kier molecular flexibility index (Phi) is 5.95. The Hall–Kier alpha value is -3.51. The molecule has 0 bridgehead atoms. The topological polar surface area (TPSA) is 151 Å². The zero-order chi connectivity index (χ0) is 22.9. The van der Waals surface area contributed by atoms with E-state index in [1.165, 1.54) is 38.4 Å². The first kappa shape index (κ1) is 22.2. The number of anilines is 1. The van der Waals surface area contributed by atoms with E-state index in [1.54, 1.807) is 10.6 Å². The van der Waals surface area contributed by atoms with Gasteiger partial charge in [-0.3, -0.25) is 10.1 Å². The van der Waals surface area contributed by atoms with Gasteiger partial charge in [-0.15, -0.1) is 0 Å². The summed E-state index contributed by atoms with van der Waals surface area (Å²) in [4.78, 5) is 27.1. The summed E-state index contributed by atoms with van der Waals surface area (Å²) >= 11 is 0. The normalized spacial score (nSPS) is 11.7. The number of aryl methyl sites for hydroxylation is 1. The number of non-ortho nitro benzene ring substituents is 1. The summed E-state index contributed by atoms with van der Waals surface area (Å²) in [7, 11) is -0.731. The Morgan fingerprint density at radius 3 is 2.55 bits per heavy atom. The average Bonchev–Trinajstić information content (AvgIpc) is 3.08. The van der Waals surface area contributed by atoms with E-state index >= 15 is 0 Å². The molecule has 0 spiro atoms. The summed E-state index contributed by atoms with van der Waals surface area (Å²) in [5.41, 5.74) is 6.59. The monoisotopic (exact) mass is 447 g/mol. The van der Waals surface area contributed by atoms with Crippen LogP contribution in [0.4, 0.5) is 11.4 Å². The summed E-state index contributed by atoms with van der Waals surface area (Å²) in [5, 5.41) is 10.8. The number of rotatable bonds is 7. The molecule has 0 aliphatic heterocycles. The van der Waals surface area contributed by atoms with Crippen LogP contribution in [0.25, 0.3) is 11.0 Å². The minimum Gasteiger partial charge on any atom is -0.454 e. The van der Waals surface area contributed by atoms with Crippen molar-refractivity contribution in [1.29, 1.82) is 0 Å². The second-order valence-corrected chi connectivity index (χ2v) is 8.97. The van der Waals surface area contributed by atoms with Gasteiger partial charge in [0.1, 0.15) is 12.4 Å². The Morgan fingerprint density at radius 1 is 1.26 bits per heavy atom. The molecule has 0 aliphatic carbocycles. The molecule has 31 heavy (non-hydrogen) atoms. The van der Waals surface area contributed by atoms with E-state index < -0.39 is 20.9 Å². The molecule has 0 fully saturated rings. The number of fused-ring (bicyclic) bond motifs is 1. The van der Waals surface area contributed by atoms with Crippen LogP contribution >= 0.6 is 0 Å². The van der Waals surface area contributed by atoms with Crippen molar-refractivity contribution >= 4 is 38.4 Å². The van der Waals surface area contributed by atoms with Crippen LogP contribution in [-0.4, -0.2) is 47.3 Å². The number of carbonyl (C=O) groups is 1. The first-order chi connectivity index (χ1) is 14.6. The zero-order valence-electron chi connectivity index (χ0n) is 17.1. The molecule has 1 heterocycles. The summed E-state index contributed by atoms with van der Waals surface area (Å²) < 4.78 is 33.0. The quantitative estimate of drug-likeness (QED) is 0.250. The Morgan fingerprint density at radius 2 is 1.97 bits per heavy atom. The molecular weight excluding hydrogens is 426 g/mol. The van der Waals surface area contributed by atoms with Gasteiger partial charge in [-0.05, 0) is 31.2 Å². The number of nitrogen functional groups attached to an aromatic ring is 1. The molecule has 0 saturated carbocycles. The van der Waals surface area contributed by atoms with Gasteiger partial charge < -0.3 is 15.0 Å². The summed E-state index contributed by atoms with van der Waals surface area (Å²) in [6.07, 6.45) is 0. The Labute approximate surface area is 178 Å². The second kappa shape index (κ2) is 8.32. The minimum absolute atomic E-state index is 0.00382. The fourth-order valence-corrected chi connectivity index (χ4v) is 3.97. The van der Waals surface area contributed by atoms with Crippen LogP contribution in [-0.2, 0) is 27.9 Å². The lowest BCUT2D eigenvalue weighted by molar-refractivity contribution is -0.384. The van der Waals surface area contributed by atoms with Crippen molar-refractivity contribution < 1.29 is 22.9 Å². The number of nitrogens with two attached hydrogens (primary N) is 1. The standard InChI is InChI=1S/C19H21N5O6S/c1-4-23-17-8-6-13(31(28,29)22(2)3)10-16(17)21-18(23)11-30-19(25)14-7-5-12(24(26)27)9-15(14)20/h5-10H,4,11,20H2,1-3H3. The Bertz CT molecular complexity index is 1280. The lowest BCUT2D eigenvalue weighted by atomic mass is 10.1. The molecule has 0 radical (unpaired) electrons. The molecule has 11 nitrogen and oxygen atoms in total. The molecule has 3 rings (SSSR count). The van der Waals surface area contributed by atoms with E-state index in [2.05, 4.69) is 4.98 Å². The lowest BCUT2D eigenvalue weighted by Gasteiger charge is -2.11. The van der Waals surface area contributed by atoms with Crippen molar-refractivity contribution in [2.45, 2.75) is 25.0 Å². The highest BCUT2D eigenvalue weighted by Crippen LogP contribution is 2.24. The maximum absolute atomic E-state index is 12.4. The van der Waals surface area contributed by atoms with Crippen molar-refractivity contribution in [3.05, 3.63) is 57.9 Å². The number of benzene rings is 2. The molecule has 0 atom stereocenters. The van der Waals surface area contributed by atoms with E-state index in [0.29, 0.717) is 23.4 Å². The van der Waals surface area contributed by atoms with Gasteiger partial charge in [0.15, 0.2) is 0 Å². The highest BCUT2D eigenvalue weighted by molar-refractivity contribution is 7.89. The van der Waals surface area contributed by atoms with Gasteiger partial charge in [0, 0.05) is 32.8 Å². The maximum atomic E-state index is 12.4. The smallest absolute Gasteiger partial charge is 0.340 e. The third-order valence-corrected chi connectivity index (χ3v) is 6.50. The van der Waals surface area contributed by atoms with Gasteiger partial charge in [0.05, 0.1) is 32.1 Å². The number of carbonyl (C=O) groups excluding carboxylic acids is 1. The van der Waals surface area contributed by atoms with Gasteiger partial charge in [-0.2, -0.15) is 0 Å². The number of esters is 1. The van der Waals surface area contributed by atoms with Crippen LogP contribution in [0.5, 0.6) is 0 Å². The predicted molar refractivity (Wildman–Crippen MR) is 113 cm³/mol. The highest BCUT2D eigenvalue weighted by Gasteiger charge is 2.21. The van der Waals surface area contributed by atoms with Crippen molar-refractivity contribution in [1.82, 2.24) is 13.9 Å². The van der Waals surface area contributed by atoms with E-state index in [9.17, 15) is 23.3 Å². The molecule has 164 valence electrons. The third-order valence-electron chi connectivity index (χ3n) is 4.69. The van der Waals surface area contributed by atoms with Crippen LogP contribution < -0.4 is 5.73 Å². The van der Waals surface area contributed by atoms with Crippen molar-refractivity contribution in [3.8, 4) is 0 Å². The minimum atomic E-state index is -3.62. The van der Waals surface area contributed by atoms with Crippen molar-refractivity contribution in [3.63, 3.8) is 0 Å². The Balaban J connectivity index is 1.88. The SMILES string of the molecule is CCn1c(COC(=O)c2ccc([N+](=O)[O-])cc2N)nc2cc(S(=O)(=O)N(C)C)ccc21. The maximum Gasteiger partial charge on any atom is 0.340 e. The van der Waals surface area contributed by atoms with Gasteiger partial charge in [0.25, 0.3) is 5.69 Å². The van der Waals surface area contributed by atoms with Crippen LogP contribution in [0, 0.1) is 10.1 Å². The van der Waals surface area contributed by atoms with E-state index in [0.717, 1.165) is 10.4 Å². The molecule has 2 N–H and O–H groups in total. The number of hydrogen-bond acceptors (Lipinski definition) is 8. The van der Waals surface area contributed by atoms with Gasteiger partial charge in [0.2, 0.25) is 10.0 Å². The van der Waals surface area contributed by atoms with Crippen LogP contribution in [0.1, 0.15) is 23.1 Å². The molecule has 1 aromatic heterocycles. The van der Waals surface area contributed by atoms with E-state index in [4.69, 9.17) is 10.5 Å². The molecule has 0 aliphatic rings. The largest absolute Gasteiger partial charge is 0.454 e. The highest BCUT2D eigenvalue weighted by atomic mass is 32.2. The van der Waals surface area contributed by atoms with E-state index in [-0.39, 0.29) is 28.4 Å². The molecule has 0 amide bonds. The number of aromatic nitrogens is 2. The fraction of sp³-hybridized carbons (Fsp3) is 0.263. The van der Waals surface area contributed by atoms with E-state index in [1.807, 2.05) is 6.92 Å². The second-order valence-electron chi connectivity index (χ2n) is 6.82. The molecule has 0 unspecified atom stereocenters. The van der Waals surface area contributed by atoms with Crippen LogP contribution in [0.2, 0.25) is 0 Å². The number of sulfonamides is 1. The predicted octanol–water partition coefficient (Wildman–Crippen LogP) is 2.15. The van der Waals surface area contributed by atoms with Crippen LogP contribution in [0.15, 0.2) is 41.3 Å². The first-order valence-corrected chi connectivity index (χ1v) is 10.6. The number of hydrogen-bond donors (Lipinski definition) is 1. The van der Waals surface area contributed by atoms with Gasteiger partial charge in [-0.25, -0.2) is 22.5 Å². The van der Waals surface area contributed by atoms with Crippen molar-refractivity contribution in [2.24, 2.45) is 0 Å². The fourth-order valence-electron chi connectivity index (χ4n) is 3.05. The number of nitro groups is 1. The molecular formula is C19H21N5O6S. The summed E-state index contributed by atoms with van der Waals surface area (Å²) in [6, 6.07) is 8.11. The average molecular weight is 447 g/mol. The molecule has 12 heteroatoms. The number of imidazole rings is 1. The zero-order valence-corrected chi connectivity index (χ0v) is 17.9. The third kappa shape index (κ3) is 4.20. The molecule has 2 aromatic carbocycles. The van der Waals surface area contributed by atoms with Gasteiger partial charge in [-0.1, -0.05) is 0 Å². The number of nitro benzene ring substituents is 1. The van der Waals surface area contributed by atoms with Crippen molar-refractivity contribution in [2.75, 3.05) is 19.8 Å². The number of nitrogens with zero attached hydrogens (tertiary/aromatic N) is 4. The van der Waals surface area contributed by atoms with Crippen LogP contribution in [0.3, 0.4) is 0 Å². The lowest BCUT2D eigenvalue weighted by Crippen LogP contribution is -2.22. The summed E-state index contributed by atoms with van der Waals surface area (Å²) in [6.45, 7) is 2.21. The number of ether oxygens (including phenoxy) is 1. The molecule has 0 saturated heterocycles. The summed E-state index contributed by atoms with van der Waals surface area (Å²) in [5.74, 6) is -0.330. The molecule has 3 aromatic rings.